The lowest BCUT2D eigenvalue weighted by Crippen LogP contribution is -2.31. The third-order valence-corrected chi connectivity index (χ3v) is 5.80. The molecule has 0 spiro atoms. The van der Waals surface area contributed by atoms with E-state index in [0.29, 0.717) is 28.3 Å². The Morgan fingerprint density at radius 2 is 1.94 bits per heavy atom. The van der Waals surface area contributed by atoms with Crippen molar-refractivity contribution in [3.8, 4) is 5.75 Å². The number of hydrogen-bond donors (Lipinski definition) is 3. The first-order valence-corrected chi connectivity index (χ1v) is 11.3. The fourth-order valence-electron chi connectivity index (χ4n) is 3.55. The van der Waals surface area contributed by atoms with E-state index < -0.39 is 17.4 Å². The molecule has 1 atom stereocenters. The number of imidazole rings is 1. The first-order chi connectivity index (χ1) is 16.3. The molecule has 9 nitrogen and oxygen atoms in total. The summed E-state index contributed by atoms with van der Waals surface area (Å²) in [6, 6.07) is 14.7. The van der Waals surface area contributed by atoms with Gasteiger partial charge in [0.05, 0.1) is 11.6 Å². The molecule has 0 unspecified atom stereocenters. The van der Waals surface area contributed by atoms with Crippen molar-refractivity contribution < 1.29 is 9.84 Å². The lowest BCUT2D eigenvalue weighted by atomic mass is 10.1. The van der Waals surface area contributed by atoms with Gasteiger partial charge in [-0.3, -0.25) is 14.3 Å². The molecule has 0 fully saturated rings. The van der Waals surface area contributed by atoms with Crippen LogP contribution >= 0.6 is 23.2 Å². The summed E-state index contributed by atoms with van der Waals surface area (Å²) < 4.78 is 8.44. The maximum Gasteiger partial charge on any atom is 0.329 e. The van der Waals surface area contributed by atoms with Crippen LogP contribution in [0.1, 0.15) is 5.56 Å². The Bertz CT molecular complexity index is 1410. The van der Waals surface area contributed by atoms with Crippen LogP contribution in [0.5, 0.6) is 5.75 Å². The Balaban J connectivity index is 1.57. The maximum atomic E-state index is 12.6. The molecule has 4 rings (SSSR count). The number of ether oxygens (including phenoxy) is 1. The third kappa shape index (κ3) is 5.27. The van der Waals surface area contributed by atoms with Gasteiger partial charge in [0.25, 0.3) is 5.56 Å². The standard InChI is InChI=1S/C23H23Cl2N5O4/c1-29-20-19(21(32)28-23(29)33)30(22(27-20)26-10-9-14-5-3-2-4-6-14)12-16(31)13-34-18-8-7-15(24)11-17(18)25/h2-8,11,16,31H,9-10,12-13H2,1H3,(H,26,27)(H,28,32,33)/t16-/m1/s1. The molecule has 2 heterocycles. The number of aromatic amines is 1. The van der Waals surface area contributed by atoms with Crippen molar-refractivity contribution in [2.75, 3.05) is 18.5 Å². The van der Waals surface area contributed by atoms with Crippen molar-refractivity contribution >= 4 is 40.3 Å². The molecule has 0 amide bonds. The van der Waals surface area contributed by atoms with E-state index in [1.54, 1.807) is 22.8 Å². The van der Waals surface area contributed by atoms with Gasteiger partial charge in [-0.05, 0) is 30.2 Å². The number of aryl methyl sites for hydroxylation is 1. The van der Waals surface area contributed by atoms with E-state index in [0.717, 1.165) is 12.0 Å². The van der Waals surface area contributed by atoms with E-state index in [4.69, 9.17) is 27.9 Å². The van der Waals surface area contributed by atoms with E-state index in [1.165, 1.54) is 11.6 Å². The molecule has 0 saturated carbocycles. The van der Waals surface area contributed by atoms with Gasteiger partial charge in [0.2, 0.25) is 5.95 Å². The SMILES string of the molecule is Cn1c(=O)[nH]c(=O)c2c1nc(NCCc1ccccc1)n2C[C@@H](O)COc1ccc(Cl)cc1Cl. The number of nitrogens with one attached hydrogen (secondary N) is 2. The number of H-pyrrole nitrogens is 1. The molecular formula is C23H23Cl2N5O4. The molecule has 178 valence electrons. The topological polar surface area (TPSA) is 114 Å². The smallest absolute Gasteiger partial charge is 0.329 e. The first-order valence-electron chi connectivity index (χ1n) is 10.6. The number of aliphatic hydroxyl groups excluding tert-OH is 1. The molecule has 4 aromatic rings. The highest BCUT2D eigenvalue weighted by Crippen LogP contribution is 2.27. The Morgan fingerprint density at radius 1 is 1.18 bits per heavy atom. The summed E-state index contributed by atoms with van der Waals surface area (Å²) in [4.78, 5) is 31.4. The van der Waals surface area contributed by atoms with Crippen molar-refractivity contribution in [2.24, 2.45) is 7.05 Å². The minimum Gasteiger partial charge on any atom is -0.489 e. The molecule has 0 saturated heterocycles. The summed E-state index contributed by atoms with van der Waals surface area (Å²) in [5, 5.41) is 14.7. The third-order valence-electron chi connectivity index (χ3n) is 5.27. The molecule has 3 N–H and O–H groups in total. The number of halogens is 2. The number of aliphatic hydroxyl groups is 1. The number of aromatic nitrogens is 4. The number of fused-ring (bicyclic) bond motifs is 1. The lowest BCUT2D eigenvalue weighted by molar-refractivity contribution is 0.0939. The van der Waals surface area contributed by atoms with Gasteiger partial charge in [0.15, 0.2) is 11.2 Å². The largest absolute Gasteiger partial charge is 0.489 e. The summed E-state index contributed by atoms with van der Waals surface area (Å²) in [5.74, 6) is 0.739. The zero-order valence-corrected chi connectivity index (χ0v) is 19.8. The number of hydrogen-bond acceptors (Lipinski definition) is 6. The summed E-state index contributed by atoms with van der Waals surface area (Å²) in [6.45, 7) is 0.441. The number of benzene rings is 2. The molecule has 2 aromatic heterocycles. The Kier molecular flexibility index (Phi) is 7.26. The molecular weight excluding hydrogens is 481 g/mol. The molecule has 0 radical (unpaired) electrons. The predicted molar refractivity (Wildman–Crippen MR) is 132 cm³/mol. The van der Waals surface area contributed by atoms with Gasteiger partial charge in [-0.1, -0.05) is 53.5 Å². The monoisotopic (exact) mass is 503 g/mol. The van der Waals surface area contributed by atoms with Crippen molar-refractivity contribution in [1.82, 2.24) is 19.1 Å². The molecule has 34 heavy (non-hydrogen) atoms. The van der Waals surface area contributed by atoms with Crippen molar-refractivity contribution in [3.05, 3.63) is 85.0 Å². The van der Waals surface area contributed by atoms with Gasteiger partial charge >= 0.3 is 5.69 Å². The van der Waals surface area contributed by atoms with Crippen LogP contribution in [-0.4, -0.2) is 43.5 Å². The summed E-state index contributed by atoms with van der Waals surface area (Å²) in [7, 11) is 1.52. The van der Waals surface area contributed by atoms with Gasteiger partial charge in [0, 0.05) is 18.6 Å². The van der Waals surface area contributed by atoms with Crippen LogP contribution in [0.4, 0.5) is 5.95 Å². The normalized spacial score (nSPS) is 12.1. The predicted octanol–water partition coefficient (Wildman–Crippen LogP) is 2.82. The fraction of sp³-hybridized carbons (Fsp3) is 0.261. The van der Waals surface area contributed by atoms with Crippen molar-refractivity contribution in [1.29, 1.82) is 0 Å². The Hall–Kier alpha value is -3.27. The number of nitrogens with zero attached hydrogens (tertiary/aromatic N) is 3. The van der Waals surface area contributed by atoms with E-state index in [9.17, 15) is 14.7 Å². The highest BCUT2D eigenvalue weighted by atomic mass is 35.5. The van der Waals surface area contributed by atoms with Gasteiger partial charge in [-0.15, -0.1) is 0 Å². The second-order valence-electron chi connectivity index (χ2n) is 7.74. The van der Waals surface area contributed by atoms with E-state index in [-0.39, 0.29) is 24.3 Å². The molecule has 0 aliphatic carbocycles. The summed E-state index contributed by atoms with van der Waals surface area (Å²) in [6.07, 6.45) is -0.282. The molecule has 2 aromatic carbocycles. The Morgan fingerprint density at radius 3 is 2.68 bits per heavy atom. The van der Waals surface area contributed by atoms with E-state index >= 15 is 0 Å². The van der Waals surface area contributed by atoms with E-state index in [1.807, 2.05) is 30.3 Å². The van der Waals surface area contributed by atoms with Crippen LogP contribution in [0.3, 0.4) is 0 Å². The minimum atomic E-state index is -1.00. The fourth-order valence-corrected chi connectivity index (χ4v) is 4.02. The second-order valence-corrected chi connectivity index (χ2v) is 8.58. The van der Waals surface area contributed by atoms with Crippen molar-refractivity contribution in [2.45, 2.75) is 19.1 Å². The van der Waals surface area contributed by atoms with Crippen LogP contribution in [0.25, 0.3) is 11.2 Å². The summed E-state index contributed by atoms with van der Waals surface area (Å²) >= 11 is 12.0. The zero-order valence-electron chi connectivity index (χ0n) is 18.3. The lowest BCUT2D eigenvalue weighted by Gasteiger charge is -2.16. The minimum absolute atomic E-state index is 0.00331. The average molecular weight is 504 g/mol. The number of rotatable bonds is 9. The van der Waals surface area contributed by atoms with Crippen LogP contribution in [0.2, 0.25) is 10.0 Å². The zero-order chi connectivity index (χ0) is 24.2. The van der Waals surface area contributed by atoms with Crippen LogP contribution in [0.15, 0.2) is 58.1 Å². The second kappa shape index (κ2) is 10.3. The van der Waals surface area contributed by atoms with Crippen LogP contribution < -0.4 is 21.3 Å². The first kappa shape index (κ1) is 23.9. The van der Waals surface area contributed by atoms with Crippen molar-refractivity contribution in [3.63, 3.8) is 0 Å². The maximum absolute atomic E-state index is 12.6. The highest BCUT2D eigenvalue weighted by molar-refractivity contribution is 6.35. The molecule has 0 bridgehead atoms. The van der Waals surface area contributed by atoms with E-state index in [2.05, 4.69) is 15.3 Å². The Labute approximate surface area is 204 Å². The van der Waals surface area contributed by atoms with Crippen LogP contribution in [0, 0.1) is 0 Å². The van der Waals surface area contributed by atoms with Gasteiger partial charge in [-0.25, -0.2) is 4.79 Å². The molecule has 11 heteroatoms. The van der Waals surface area contributed by atoms with Gasteiger partial charge < -0.3 is 19.7 Å². The summed E-state index contributed by atoms with van der Waals surface area (Å²) in [5.41, 5.74) is 0.365. The van der Waals surface area contributed by atoms with Crippen LogP contribution in [-0.2, 0) is 20.0 Å². The average Bonchev–Trinajstić information content (AvgIpc) is 3.16. The number of anilines is 1. The molecule has 0 aliphatic heterocycles. The van der Waals surface area contributed by atoms with Gasteiger partial charge in [0.1, 0.15) is 18.5 Å². The van der Waals surface area contributed by atoms with Gasteiger partial charge in [-0.2, -0.15) is 4.98 Å². The highest BCUT2D eigenvalue weighted by Gasteiger charge is 2.20. The molecule has 0 aliphatic rings. The quantitative estimate of drug-likeness (QED) is 0.323.